The lowest BCUT2D eigenvalue weighted by Gasteiger charge is -2.29. The van der Waals surface area contributed by atoms with Crippen LogP contribution in [0.5, 0.6) is 11.6 Å². The first-order valence-corrected chi connectivity index (χ1v) is 10.6. The molecule has 0 saturated heterocycles. The Morgan fingerprint density at radius 1 is 1.34 bits per heavy atom. The first-order chi connectivity index (χ1) is 15.1. The molecule has 2 atom stereocenters. The van der Waals surface area contributed by atoms with E-state index in [2.05, 4.69) is 31.0 Å². The Kier molecular flexibility index (Phi) is 8.38. The average Bonchev–Trinajstić information content (AvgIpc) is 3.18. The quantitative estimate of drug-likeness (QED) is 0.375. The third kappa shape index (κ3) is 5.93. The van der Waals surface area contributed by atoms with Gasteiger partial charge in [-0.2, -0.15) is 5.10 Å². The number of nitrogens with one attached hydrogen (secondary N) is 3. The highest BCUT2D eigenvalue weighted by Gasteiger charge is 2.27. The topological polar surface area (TPSA) is 97.6 Å². The molecule has 0 spiro atoms. The van der Waals surface area contributed by atoms with Crippen LogP contribution in [0.2, 0.25) is 5.02 Å². The summed E-state index contributed by atoms with van der Waals surface area (Å²) in [6.45, 7) is 1.49. The molecule has 0 radical (unpaired) electrons. The molecule has 2 unspecified atom stereocenters. The fourth-order valence-electron chi connectivity index (χ4n) is 3.38. The molecule has 9 nitrogen and oxygen atoms in total. The van der Waals surface area contributed by atoms with Crippen molar-refractivity contribution in [1.29, 1.82) is 0 Å². The summed E-state index contributed by atoms with van der Waals surface area (Å²) in [5, 5.41) is 14.4. The second kappa shape index (κ2) is 11.2. The first-order valence-electron chi connectivity index (χ1n) is 10.2. The maximum absolute atomic E-state index is 6.39. The van der Waals surface area contributed by atoms with Gasteiger partial charge in [0.25, 0.3) is 0 Å². The van der Waals surface area contributed by atoms with E-state index in [1.54, 1.807) is 23.3 Å². The zero-order chi connectivity index (χ0) is 21.6. The number of anilines is 1. The van der Waals surface area contributed by atoms with Gasteiger partial charge in [-0.1, -0.05) is 17.7 Å². The molecule has 2 aromatic rings. The largest absolute Gasteiger partial charge is 0.492 e. The molecule has 11 heteroatoms. The third-order valence-corrected chi connectivity index (χ3v) is 5.17. The first kappa shape index (κ1) is 23.9. The highest BCUT2D eigenvalue weighted by molar-refractivity contribution is 6.31. The number of aromatic nitrogens is 3. The second-order valence-corrected chi connectivity index (χ2v) is 7.68. The van der Waals surface area contributed by atoms with Gasteiger partial charge in [-0.25, -0.2) is 4.98 Å². The number of ether oxygens (including phenoxy) is 2. The molecule has 4 rings (SSSR count). The Bertz CT molecular complexity index is 1010. The molecule has 3 N–H and O–H groups in total. The van der Waals surface area contributed by atoms with Gasteiger partial charge >= 0.3 is 0 Å². The van der Waals surface area contributed by atoms with Gasteiger partial charge < -0.3 is 25.4 Å². The summed E-state index contributed by atoms with van der Waals surface area (Å²) in [4.78, 5) is 8.84. The van der Waals surface area contributed by atoms with E-state index in [1.807, 2.05) is 38.5 Å². The van der Waals surface area contributed by atoms with E-state index in [-0.39, 0.29) is 24.6 Å². The van der Waals surface area contributed by atoms with Gasteiger partial charge in [-0.3, -0.25) is 9.67 Å². The minimum Gasteiger partial charge on any atom is -0.492 e. The van der Waals surface area contributed by atoms with E-state index in [0.29, 0.717) is 29.7 Å². The number of hydrogen-bond donors (Lipinski definition) is 3. The Morgan fingerprint density at radius 2 is 2.22 bits per heavy atom. The van der Waals surface area contributed by atoms with Crippen LogP contribution in [0.4, 0.5) is 5.82 Å². The summed E-state index contributed by atoms with van der Waals surface area (Å²) < 4.78 is 13.5. The van der Waals surface area contributed by atoms with E-state index in [0.717, 1.165) is 30.2 Å². The standard InChI is InChI=1S/C21H26ClN7O2.ClH/c1-23-7-3-9-30-15-11-17(22)21(24-12-15)31-14-4-5-18-16(10-14)20(26-13-25-18)27-19-6-8-29(2)28-19;/h4-6,8,11-14,18,23H,3,7,9-10H2,1-2H3,(H,25,26)(H,27,28);1H. The van der Waals surface area contributed by atoms with Crippen LogP contribution in [0, 0.1) is 0 Å². The normalized spacial score (nSPS) is 19.1. The van der Waals surface area contributed by atoms with Crippen molar-refractivity contribution in [2.45, 2.75) is 25.0 Å². The molecule has 0 bridgehead atoms. The van der Waals surface area contributed by atoms with Crippen molar-refractivity contribution in [3.8, 4) is 11.6 Å². The third-order valence-electron chi connectivity index (χ3n) is 4.90. The number of fused-ring (bicyclic) bond motifs is 1. The van der Waals surface area contributed by atoms with Crippen molar-refractivity contribution < 1.29 is 9.47 Å². The number of rotatable bonds is 9. The van der Waals surface area contributed by atoms with Gasteiger partial charge in [-0.05, 0) is 26.1 Å². The smallest absolute Gasteiger partial charge is 0.233 e. The van der Waals surface area contributed by atoms with Crippen LogP contribution < -0.4 is 25.4 Å². The number of aliphatic imine (C=N–C) groups is 1. The summed E-state index contributed by atoms with van der Waals surface area (Å²) >= 11 is 6.39. The Balaban J connectivity index is 0.00000289. The van der Waals surface area contributed by atoms with Crippen LogP contribution in [-0.4, -0.2) is 53.4 Å². The van der Waals surface area contributed by atoms with Gasteiger partial charge in [0.05, 0.1) is 25.2 Å². The van der Waals surface area contributed by atoms with Gasteiger partial charge in [-0.15, -0.1) is 12.4 Å². The van der Waals surface area contributed by atoms with Crippen molar-refractivity contribution in [2.75, 3.05) is 25.5 Å². The van der Waals surface area contributed by atoms with Gasteiger partial charge in [0.15, 0.2) is 5.82 Å². The van der Waals surface area contributed by atoms with Crippen LogP contribution in [0.1, 0.15) is 12.8 Å². The molecule has 2 aromatic heterocycles. The molecule has 1 aliphatic carbocycles. The minimum absolute atomic E-state index is 0. The second-order valence-electron chi connectivity index (χ2n) is 7.28. The van der Waals surface area contributed by atoms with Gasteiger partial charge in [0.1, 0.15) is 22.7 Å². The summed E-state index contributed by atoms with van der Waals surface area (Å²) in [6.07, 6.45) is 10.6. The maximum atomic E-state index is 6.39. The Morgan fingerprint density at radius 3 is 2.97 bits per heavy atom. The molecular weight excluding hydrogens is 453 g/mol. The van der Waals surface area contributed by atoms with E-state index >= 15 is 0 Å². The molecular formula is C21H27Cl2N7O2. The van der Waals surface area contributed by atoms with E-state index in [1.165, 1.54) is 0 Å². The number of halogens is 2. The van der Waals surface area contributed by atoms with Crippen molar-refractivity contribution in [3.63, 3.8) is 0 Å². The lowest BCUT2D eigenvalue weighted by molar-refractivity contribution is 0.232. The molecule has 32 heavy (non-hydrogen) atoms. The van der Waals surface area contributed by atoms with Gasteiger partial charge in [0, 0.05) is 37.4 Å². The van der Waals surface area contributed by atoms with Crippen LogP contribution >= 0.6 is 24.0 Å². The zero-order valence-corrected chi connectivity index (χ0v) is 19.5. The molecule has 0 aromatic carbocycles. The molecule has 0 fully saturated rings. The van der Waals surface area contributed by atoms with Crippen LogP contribution in [0.3, 0.4) is 0 Å². The van der Waals surface area contributed by atoms with Crippen LogP contribution in [0.15, 0.2) is 53.1 Å². The minimum atomic E-state index is -0.214. The summed E-state index contributed by atoms with van der Waals surface area (Å²) in [6, 6.07) is 3.61. The predicted molar refractivity (Wildman–Crippen MR) is 128 cm³/mol. The van der Waals surface area contributed by atoms with Crippen molar-refractivity contribution in [3.05, 3.63) is 53.1 Å². The van der Waals surface area contributed by atoms with E-state index in [4.69, 9.17) is 21.1 Å². The number of nitrogens with zero attached hydrogens (tertiary/aromatic N) is 4. The Hall–Kier alpha value is -2.75. The van der Waals surface area contributed by atoms with Crippen LogP contribution in [-0.2, 0) is 7.05 Å². The summed E-state index contributed by atoms with van der Waals surface area (Å²) in [5.41, 5.74) is 1.08. The maximum Gasteiger partial charge on any atom is 0.233 e. The highest BCUT2D eigenvalue weighted by atomic mass is 35.5. The van der Waals surface area contributed by atoms with Gasteiger partial charge in [0.2, 0.25) is 5.88 Å². The number of hydrogen-bond acceptors (Lipinski definition) is 8. The molecule has 0 saturated carbocycles. The summed E-state index contributed by atoms with van der Waals surface area (Å²) in [5.74, 6) is 2.63. The van der Waals surface area contributed by atoms with E-state index < -0.39 is 0 Å². The monoisotopic (exact) mass is 479 g/mol. The lowest BCUT2D eigenvalue weighted by atomic mass is 9.93. The van der Waals surface area contributed by atoms with Crippen LogP contribution in [0.25, 0.3) is 0 Å². The fraction of sp³-hybridized carbons (Fsp3) is 0.381. The van der Waals surface area contributed by atoms with Crippen molar-refractivity contribution in [2.24, 2.45) is 12.0 Å². The molecule has 172 valence electrons. The summed E-state index contributed by atoms with van der Waals surface area (Å²) in [7, 11) is 3.79. The van der Waals surface area contributed by atoms with E-state index in [9.17, 15) is 0 Å². The highest BCUT2D eigenvalue weighted by Crippen LogP contribution is 2.31. The number of pyridine rings is 1. The van der Waals surface area contributed by atoms with Crippen molar-refractivity contribution >= 4 is 36.2 Å². The molecule has 2 aliphatic rings. The van der Waals surface area contributed by atoms with Crippen molar-refractivity contribution in [1.82, 2.24) is 25.4 Å². The zero-order valence-electron chi connectivity index (χ0n) is 17.9. The lowest BCUT2D eigenvalue weighted by Crippen LogP contribution is -2.34. The Labute approximate surface area is 198 Å². The SMILES string of the molecule is CNCCCOc1cnc(OC2C=CC3N=CNC(Nc4ccn(C)n4)=C3C2)c(Cl)c1.Cl. The predicted octanol–water partition coefficient (Wildman–Crippen LogP) is 2.91. The molecule has 1 aliphatic heterocycles. The molecule has 3 heterocycles. The molecule has 0 amide bonds. The fourth-order valence-corrected chi connectivity index (χ4v) is 3.58. The number of aryl methyl sites for hydroxylation is 1. The average molecular weight is 480 g/mol.